The quantitative estimate of drug-likeness (QED) is 0.422. The van der Waals surface area contributed by atoms with Crippen LogP contribution in [0.5, 0.6) is 0 Å². The van der Waals surface area contributed by atoms with Gasteiger partial charge in [-0.3, -0.25) is 0 Å². The zero-order valence-corrected chi connectivity index (χ0v) is 18.1. The molecule has 0 spiro atoms. The molecular weight excluding hydrogens is 288 g/mol. The number of hydrogen-bond donors (Lipinski definition) is 0. The minimum atomic E-state index is 0.455. The van der Waals surface area contributed by atoms with Gasteiger partial charge in [0.15, 0.2) is 0 Å². The highest BCUT2D eigenvalue weighted by Crippen LogP contribution is 2.58. The van der Waals surface area contributed by atoms with Crippen LogP contribution in [0, 0.1) is 46.3 Å². The third-order valence-corrected chi connectivity index (χ3v) is 8.50. The molecule has 2 aliphatic carbocycles. The van der Waals surface area contributed by atoms with Crippen molar-refractivity contribution in [1.82, 2.24) is 0 Å². The van der Waals surface area contributed by atoms with Crippen molar-refractivity contribution in [3.63, 3.8) is 0 Å². The monoisotopic (exact) mass is 334 g/mol. The predicted octanol–water partition coefficient (Wildman–Crippen LogP) is 7.96. The average Bonchev–Trinajstić information content (AvgIpc) is 3.23. The summed E-state index contributed by atoms with van der Waals surface area (Å²) >= 11 is 0. The van der Waals surface area contributed by atoms with Crippen LogP contribution in [-0.4, -0.2) is 0 Å². The van der Waals surface area contributed by atoms with Gasteiger partial charge in [0.05, 0.1) is 0 Å². The van der Waals surface area contributed by atoms with Crippen LogP contribution in [-0.2, 0) is 0 Å². The van der Waals surface area contributed by atoms with Crippen molar-refractivity contribution in [3.8, 4) is 0 Å². The minimum Gasteiger partial charge on any atom is -0.0654 e. The molecule has 0 aromatic carbocycles. The smallest absolute Gasteiger partial charge is 0.0280 e. The molecule has 0 nitrogen and oxygen atoms in total. The molecular formula is C24H46. The first-order valence-electron chi connectivity index (χ1n) is 11.1. The Kier molecular flexibility index (Phi) is 6.53. The normalized spacial score (nSPS) is 31.8. The Labute approximate surface area is 153 Å². The van der Waals surface area contributed by atoms with Gasteiger partial charge in [-0.05, 0) is 84.9 Å². The van der Waals surface area contributed by atoms with Crippen molar-refractivity contribution in [3.05, 3.63) is 0 Å². The second-order valence-electron chi connectivity index (χ2n) is 10.9. The maximum atomic E-state index is 2.65. The lowest BCUT2D eigenvalue weighted by Crippen LogP contribution is -2.46. The molecule has 24 heavy (non-hydrogen) atoms. The second-order valence-corrected chi connectivity index (χ2v) is 10.9. The zero-order valence-electron chi connectivity index (χ0n) is 18.1. The second kappa shape index (κ2) is 7.71. The Morgan fingerprint density at radius 3 is 1.88 bits per heavy atom. The van der Waals surface area contributed by atoms with Crippen molar-refractivity contribution in [1.29, 1.82) is 0 Å². The average molecular weight is 335 g/mol. The highest BCUT2D eigenvalue weighted by molar-refractivity contribution is 4.99. The van der Waals surface area contributed by atoms with E-state index in [0.717, 1.165) is 35.5 Å². The van der Waals surface area contributed by atoms with Gasteiger partial charge in [0.25, 0.3) is 0 Å². The highest BCUT2D eigenvalue weighted by Gasteiger charge is 2.49. The lowest BCUT2D eigenvalue weighted by molar-refractivity contribution is -0.0418. The molecule has 0 aromatic rings. The SMILES string of the molecule is CCCC(C)(C)C(C(C)C(C)CC)C(C)(C)C1CCC2CC2CC1. The molecule has 0 aromatic heterocycles. The van der Waals surface area contributed by atoms with Gasteiger partial charge in [-0.25, -0.2) is 0 Å². The van der Waals surface area contributed by atoms with E-state index < -0.39 is 0 Å². The Morgan fingerprint density at radius 1 is 0.875 bits per heavy atom. The Hall–Kier alpha value is 0. The van der Waals surface area contributed by atoms with Crippen LogP contribution in [0.1, 0.15) is 107 Å². The van der Waals surface area contributed by atoms with E-state index in [2.05, 4.69) is 55.4 Å². The summed E-state index contributed by atoms with van der Waals surface area (Å²) < 4.78 is 0. The van der Waals surface area contributed by atoms with Gasteiger partial charge in [-0.2, -0.15) is 0 Å². The number of fused-ring (bicyclic) bond motifs is 1. The first-order valence-corrected chi connectivity index (χ1v) is 11.1. The molecule has 5 atom stereocenters. The van der Waals surface area contributed by atoms with Gasteiger partial charge in [0.2, 0.25) is 0 Å². The number of hydrogen-bond acceptors (Lipinski definition) is 0. The van der Waals surface area contributed by atoms with E-state index >= 15 is 0 Å². The van der Waals surface area contributed by atoms with E-state index in [1.807, 2.05) is 0 Å². The molecule has 2 fully saturated rings. The summed E-state index contributed by atoms with van der Waals surface area (Å²) in [6, 6.07) is 0. The Morgan fingerprint density at radius 2 is 1.42 bits per heavy atom. The van der Waals surface area contributed by atoms with Crippen LogP contribution in [0.4, 0.5) is 0 Å². The van der Waals surface area contributed by atoms with Crippen molar-refractivity contribution < 1.29 is 0 Å². The van der Waals surface area contributed by atoms with Crippen LogP contribution in [0.15, 0.2) is 0 Å². The fourth-order valence-corrected chi connectivity index (χ4v) is 6.89. The Balaban J connectivity index is 2.25. The van der Waals surface area contributed by atoms with E-state index in [9.17, 15) is 0 Å². The minimum absolute atomic E-state index is 0.455. The van der Waals surface area contributed by atoms with Gasteiger partial charge in [0.1, 0.15) is 0 Å². The number of rotatable bonds is 8. The summed E-state index contributed by atoms with van der Waals surface area (Å²) in [5, 5.41) is 0. The third kappa shape index (κ3) is 4.21. The van der Waals surface area contributed by atoms with Gasteiger partial charge in [-0.15, -0.1) is 0 Å². The largest absolute Gasteiger partial charge is 0.0654 e. The maximum Gasteiger partial charge on any atom is -0.0280 e. The van der Waals surface area contributed by atoms with Gasteiger partial charge in [0, 0.05) is 0 Å². The van der Waals surface area contributed by atoms with Gasteiger partial charge in [-0.1, -0.05) is 68.2 Å². The van der Waals surface area contributed by atoms with E-state index in [1.54, 1.807) is 6.42 Å². The van der Waals surface area contributed by atoms with E-state index in [4.69, 9.17) is 0 Å². The molecule has 0 heterocycles. The molecule has 0 saturated heterocycles. The summed E-state index contributed by atoms with van der Waals surface area (Å²) in [5.41, 5.74) is 0.925. The molecule has 5 unspecified atom stereocenters. The first-order chi connectivity index (χ1) is 11.1. The summed E-state index contributed by atoms with van der Waals surface area (Å²) in [6.45, 7) is 20.3. The molecule has 142 valence electrons. The van der Waals surface area contributed by atoms with Crippen LogP contribution in [0.25, 0.3) is 0 Å². The fourth-order valence-electron chi connectivity index (χ4n) is 6.89. The van der Waals surface area contributed by atoms with E-state index in [-0.39, 0.29) is 0 Å². The molecule has 0 amide bonds. The lowest BCUT2D eigenvalue weighted by atomic mass is 9.52. The maximum absolute atomic E-state index is 2.65. The molecule has 2 saturated carbocycles. The van der Waals surface area contributed by atoms with Crippen molar-refractivity contribution >= 4 is 0 Å². The van der Waals surface area contributed by atoms with Gasteiger partial charge < -0.3 is 0 Å². The standard InChI is InChI=1S/C24H46/c1-9-15-23(5,6)22(18(4)17(3)10-2)24(7,8)21-13-11-19-16-20(19)12-14-21/h17-22H,9-16H2,1-8H3. The predicted molar refractivity (Wildman–Crippen MR) is 108 cm³/mol. The summed E-state index contributed by atoms with van der Waals surface area (Å²) in [4.78, 5) is 0. The van der Waals surface area contributed by atoms with Crippen molar-refractivity contribution in [2.24, 2.45) is 46.3 Å². The van der Waals surface area contributed by atoms with Gasteiger partial charge >= 0.3 is 0 Å². The Bertz CT molecular complexity index is 379. The topological polar surface area (TPSA) is 0 Å². The first kappa shape index (κ1) is 20.3. The zero-order chi connectivity index (χ0) is 18.1. The summed E-state index contributed by atoms with van der Waals surface area (Å²) in [5.74, 6) is 5.66. The summed E-state index contributed by atoms with van der Waals surface area (Å²) in [7, 11) is 0. The molecule has 0 bridgehead atoms. The third-order valence-electron chi connectivity index (χ3n) is 8.50. The van der Waals surface area contributed by atoms with Crippen LogP contribution < -0.4 is 0 Å². The fraction of sp³-hybridized carbons (Fsp3) is 1.00. The molecule has 2 aliphatic rings. The molecule has 0 N–H and O–H groups in total. The van der Waals surface area contributed by atoms with E-state index in [1.165, 1.54) is 44.9 Å². The van der Waals surface area contributed by atoms with Crippen LogP contribution >= 0.6 is 0 Å². The van der Waals surface area contributed by atoms with E-state index in [0.29, 0.717) is 10.8 Å². The van der Waals surface area contributed by atoms with Crippen molar-refractivity contribution in [2.75, 3.05) is 0 Å². The highest BCUT2D eigenvalue weighted by atomic mass is 14.5. The summed E-state index contributed by atoms with van der Waals surface area (Å²) in [6.07, 6.45) is 11.6. The van der Waals surface area contributed by atoms with Crippen LogP contribution in [0.3, 0.4) is 0 Å². The lowest BCUT2D eigenvalue weighted by Gasteiger charge is -2.53. The molecule has 2 rings (SSSR count). The van der Waals surface area contributed by atoms with Crippen LogP contribution in [0.2, 0.25) is 0 Å². The van der Waals surface area contributed by atoms with Crippen molar-refractivity contribution in [2.45, 2.75) is 107 Å². The molecule has 0 heteroatoms. The molecule has 0 radical (unpaired) electrons. The molecule has 0 aliphatic heterocycles.